The Bertz CT molecular complexity index is 891. The normalized spacial score (nSPS) is 11.1. The van der Waals surface area contributed by atoms with Crippen LogP contribution < -0.4 is 10.3 Å². The molecule has 0 fully saturated rings. The largest absolute Gasteiger partial charge is 0.465 e. The van der Waals surface area contributed by atoms with E-state index in [1.165, 1.54) is 0 Å². The average Bonchev–Trinajstić information content (AvgIpc) is 2.82. The Labute approximate surface area is 135 Å². The second-order valence-electron chi connectivity index (χ2n) is 5.00. The van der Waals surface area contributed by atoms with E-state index in [1.807, 2.05) is 32.9 Å². The first kappa shape index (κ1) is 14.8. The molecular weight excluding hydrogens is 348 g/mol. The number of fused-ring (bicyclic) bond motifs is 1. The minimum absolute atomic E-state index is 0.189. The van der Waals surface area contributed by atoms with Crippen LogP contribution in [0.5, 0.6) is 6.01 Å². The molecule has 0 saturated heterocycles. The fraction of sp³-hybridized carbons (Fsp3) is 0.267. The van der Waals surface area contributed by atoms with Gasteiger partial charge in [0.25, 0.3) is 11.6 Å². The van der Waals surface area contributed by atoms with E-state index in [9.17, 15) is 4.79 Å². The fourth-order valence-electron chi connectivity index (χ4n) is 2.48. The lowest BCUT2D eigenvalue weighted by molar-refractivity contribution is 0.313. The SMILES string of the molecule is CCOc1nc2nn(-c3c(C)cc(Br)cc3C)cc2c(=O)[nH]1. The van der Waals surface area contributed by atoms with Crippen molar-refractivity contribution in [1.82, 2.24) is 19.7 Å². The van der Waals surface area contributed by atoms with Crippen molar-refractivity contribution >= 4 is 27.0 Å². The van der Waals surface area contributed by atoms with Gasteiger partial charge in [0.15, 0.2) is 5.65 Å². The van der Waals surface area contributed by atoms with Crippen molar-refractivity contribution in [3.05, 3.63) is 44.3 Å². The highest BCUT2D eigenvalue weighted by molar-refractivity contribution is 9.10. The van der Waals surface area contributed by atoms with Crippen molar-refractivity contribution in [2.24, 2.45) is 0 Å². The highest BCUT2D eigenvalue weighted by Crippen LogP contribution is 2.24. The third-order valence-electron chi connectivity index (χ3n) is 3.33. The standard InChI is InChI=1S/C15H15BrN4O2/c1-4-22-15-17-13-11(14(21)18-15)7-20(19-13)12-8(2)5-10(16)6-9(12)3/h5-7H,4H2,1-3H3,(H,17,18,19,21). The van der Waals surface area contributed by atoms with Crippen molar-refractivity contribution < 1.29 is 4.74 Å². The highest BCUT2D eigenvalue weighted by atomic mass is 79.9. The van der Waals surface area contributed by atoms with Gasteiger partial charge in [-0.15, -0.1) is 5.10 Å². The van der Waals surface area contributed by atoms with Gasteiger partial charge in [-0.25, -0.2) is 4.68 Å². The molecular formula is C15H15BrN4O2. The van der Waals surface area contributed by atoms with E-state index in [2.05, 4.69) is 31.0 Å². The second-order valence-corrected chi connectivity index (χ2v) is 5.92. The Hall–Kier alpha value is -2.15. The van der Waals surface area contributed by atoms with Crippen molar-refractivity contribution in [1.29, 1.82) is 0 Å². The molecule has 3 rings (SSSR count). The van der Waals surface area contributed by atoms with E-state index in [0.29, 0.717) is 17.6 Å². The van der Waals surface area contributed by atoms with E-state index in [1.54, 1.807) is 10.9 Å². The monoisotopic (exact) mass is 362 g/mol. The molecule has 22 heavy (non-hydrogen) atoms. The predicted molar refractivity (Wildman–Crippen MR) is 87.8 cm³/mol. The van der Waals surface area contributed by atoms with Crippen LogP contribution in [0.1, 0.15) is 18.1 Å². The van der Waals surface area contributed by atoms with Gasteiger partial charge in [-0.05, 0) is 44.0 Å². The molecule has 0 aliphatic heterocycles. The van der Waals surface area contributed by atoms with Crippen LogP contribution in [0, 0.1) is 13.8 Å². The molecule has 0 amide bonds. The van der Waals surface area contributed by atoms with Crippen LogP contribution in [0.25, 0.3) is 16.7 Å². The first-order valence-corrected chi connectivity index (χ1v) is 7.68. The zero-order valence-corrected chi connectivity index (χ0v) is 14.1. The minimum atomic E-state index is -0.257. The van der Waals surface area contributed by atoms with Crippen LogP contribution in [0.15, 0.2) is 27.6 Å². The summed E-state index contributed by atoms with van der Waals surface area (Å²) in [5.41, 5.74) is 3.17. The summed E-state index contributed by atoms with van der Waals surface area (Å²) in [4.78, 5) is 18.9. The topological polar surface area (TPSA) is 72.8 Å². The zero-order valence-electron chi connectivity index (χ0n) is 12.5. The lowest BCUT2D eigenvalue weighted by Crippen LogP contribution is -2.09. The van der Waals surface area contributed by atoms with Crippen LogP contribution in [-0.2, 0) is 0 Å². The minimum Gasteiger partial charge on any atom is -0.465 e. The summed E-state index contributed by atoms with van der Waals surface area (Å²) < 4.78 is 7.96. The number of benzene rings is 1. The van der Waals surface area contributed by atoms with E-state index < -0.39 is 0 Å². The second kappa shape index (κ2) is 5.57. The van der Waals surface area contributed by atoms with Crippen LogP contribution >= 0.6 is 15.9 Å². The molecule has 0 unspecified atom stereocenters. The van der Waals surface area contributed by atoms with Gasteiger partial charge in [-0.3, -0.25) is 9.78 Å². The Balaban J connectivity index is 2.21. The number of halogens is 1. The van der Waals surface area contributed by atoms with Gasteiger partial charge < -0.3 is 4.74 Å². The summed E-state index contributed by atoms with van der Waals surface area (Å²) in [6.07, 6.45) is 1.69. The number of aromatic nitrogens is 4. The third-order valence-corrected chi connectivity index (χ3v) is 3.79. The Morgan fingerprint density at radius 1 is 1.32 bits per heavy atom. The number of aromatic amines is 1. The molecule has 0 radical (unpaired) electrons. The summed E-state index contributed by atoms with van der Waals surface area (Å²) in [7, 11) is 0. The lowest BCUT2D eigenvalue weighted by Gasteiger charge is -2.10. The molecule has 3 aromatic rings. The van der Waals surface area contributed by atoms with Gasteiger partial charge in [0.1, 0.15) is 5.39 Å². The van der Waals surface area contributed by atoms with Crippen molar-refractivity contribution in [3.8, 4) is 11.7 Å². The number of rotatable bonds is 3. The molecule has 2 aromatic heterocycles. The Morgan fingerprint density at radius 3 is 2.64 bits per heavy atom. The van der Waals surface area contributed by atoms with E-state index in [-0.39, 0.29) is 11.6 Å². The molecule has 2 heterocycles. The number of ether oxygens (including phenoxy) is 1. The van der Waals surface area contributed by atoms with Gasteiger partial charge >= 0.3 is 0 Å². The molecule has 7 heteroatoms. The number of hydrogen-bond acceptors (Lipinski definition) is 4. The maximum atomic E-state index is 12.1. The number of aryl methyl sites for hydroxylation is 2. The van der Waals surface area contributed by atoms with Gasteiger partial charge in [-0.1, -0.05) is 15.9 Å². The Morgan fingerprint density at radius 2 is 2.00 bits per heavy atom. The fourth-order valence-corrected chi connectivity index (χ4v) is 3.17. The van der Waals surface area contributed by atoms with E-state index >= 15 is 0 Å². The quantitative estimate of drug-likeness (QED) is 0.777. The summed E-state index contributed by atoms with van der Waals surface area (Å²) in [6.45, 7) is 6.27. The van der Waals surface area contributed by atoms with Crippen molar-refractivity contribution in [2.45, 2.75) is 20.8 Å². The van der Waals surface area contributed by atoms with Crippen LogP contribution in [-0.4, -0.2) is 26.4 Å². The lowest BCUT2D eigenvalue weighted by atomic mass is 10.1. The van der Waals surface area contributed by atoms with Crippen LogP contribution in [0.3, 0.4) is 0 Å². The maximum Gasteiger partial charge on any atom is 0.298 e. The van der Waals surface area contributed by atoms with Crippen LogP contribution in [0.4, 0.5) is 0 Å². The molecule has 1 N–H and O–H groups in total. The third kappa shape index (κ3) is 2.52. The summed E-state index contributed by atoms with van der Waals surface area (Å²) >= 11 is 3.48. The molecule has 0 aliphatic carbocycles. The first-order chi connectivity index (χ1) is 10.5. The summed E-state index contributed by atoms with van der Waals surface area (Å²) in [5, 5.41) is 4.86. The first-order valence-electron chi connectivity index (χ1n) is 6.89. The van der Waals surface area contributed by atoms with Gasteiger partial charge in [0.05, 0.1) is 12.3 Å². The zero-order chi connectivity index (χ0) is 15.9. The van der Waals surface area contributed by atoms with Crippen LogP contribution in [0.2, 0.25) is 0 Å². The number of hydrogen-bond donors (Lipinski definition) is 1. The molecule has 0 bridgehead atoms. The van der Waals surface area contributed by atoms with Gasteiger partial charge in [0.2, 0.25) is 0 Å². The van der Waals surface area contributed by atoms with Gasteiger partial charge in [-0.2, -0.15) is 4.98 Å². The van der Waals surface area contributed by atoms with E-state index in [4.69, 9.17) is 4.74 Å². The molecule has 0 spiro atoms. The number of nitrogens with one attached hydrogen (secondary N) is 1. The summed E-state index contributed by atoms with van der Waals surface area (Å²) in [6, 6.07) is 4.21. The molecule has 114 valence electrons. The number of H-pyrrole nitrogens is 1. The molecule has 6 nitrogen and oxygen atoms in total. The molecule has 0 atom stereocenters. The molecule has 0 aliphatic rings. The van der Waals surface area contributed by atoms with Crippen molar-refractivity contribution in [2.75, 3.05) is 6.61 Å². The molecule has 0 saturated carbocycles. The van der Waals surface area contributed by atoms with Gasteiger partial charge in [0, 0.05) is 10.7 Å². The summed E-state index contributed by atoms with van der Waals surface area (Å²) in [5.74, 6) is 0. The van der Waals surface area contributed by atoms with Crippen molar-refractivity contribution in [3.63, 3.8) is 0 Å². The number of nitrogens with zero attached hydrogens (tertiary/aromatic N) is 3. The highest BCUT2D eigenvalue weighted by Gasteiger charge is 2.13. The molecule has 1 aromatic carbocycles. The average molecular weight is 363 g/mol. The smallest absolute Gasteiger partial charge is 0.298 e. The predicted octanol–water partition coefficient (Wildman–Crippen LogP) is 2.89. The Kier molecular flexibility index (Phi) is 3.74. The van der Waals surface area contributed by atoms with E-state index in [0.717, 1.165) is 21.3 Å². The maximum absolute atomic E-state index is 12.1.